The predicted octanol–water partition coefficient (Wildman–Crippen LogP) is -10.7. The number of nitrogens with one attached hydrogen (secondary N) is 12. The number of primary amides is 1. The Morgan fingerprint density at radius 2 is 0.971 bits per heavy atom. The Bertz CT molecular complexity index is 2990. The summed E-state index contributed by atoms with van der Waals surface area (Å²) in [5, 5.41) is 76.9. The van der Waals surface area contributed by atoms with Crippen LogP contribution in [0.25, 0.3) is 0 Å². The smallest absolute Gasteiger partial charge is 0.326 e. The number of amides is 13. The Balaban J connectivity index is 2.34. The maximum absolute atomic E-state index is 14.3. The summed E-state index contributed by atoms with van der Waals surface area (Å²) >= 11 is 0. The molecular weight excluding hydrogens is 1350 g/mol. The van der Waals surface area contributed by atoms with Gasteiger partial charge in [-0.1, -0.05) is 0 Å². The van der Waals surface area contributed by atoms with Crippen molar-refractivity contribution < 1.29 is 97.5 Å². The van der Waals surface area contributed by atoms with Crippen LogP contribution in [0.5, 0.6) is 0 Å². The number of imidazole rings is 1. The quantitative estimate of drug-likeness (QED) is 0.0164. The first-order valence-corrected chi connectivity index (χ1v) is 33.4. The number of aliphatic hydroxyl groups excluding tert-OH is 3. The normalized spacial score (nSPS) is 16.4. The maximum atomic E-state index is 14.3. The van der Waals surface area contributed by atoms with Crippen LogP contribution in [0.4, 0.5) is 0 Å². The molecule has 2 heterocycles. The van der Waals surface area contributed by atoms with Crippen LogP contribution in [0.3, 0.4) is 0 Å². The van der Waals surface area contributed by atoms with E-state index in [9.17, 15) is 97.5 Å². The number of aromatic amines is 1. The third-order valence-corrected chi connectivity index (χ3v) is 15.9. The molecule has 2 rings (SSSR count). The van der Waals surface area contributed by atoms with Crippen LogP contribution < -0.4 is 98.6 Å². The molecule has 14 atom stereocenters. The third-order valence-electron chi connectivity index (χ3n) is 15.9. The lowest BCUT2D eigenvalue weighted by Crippen LogP contribution is -2.62. The average molecular weight is 1450 g/mol. The Morgan fingerprint density at radius 3 is 1.40 bits per heavy atom. The van der Waals surface area contributed by atoms with E-state index in [1.807, 2.05) is 0 Å². The highest BCUT2D eigenvalue weighted by Crippen LogP contribution is 2.20. The zero-order valence-corrected chi connectivity index (χ0v) is 57.5. The molecule has 0 saturated carbocycles. The van der Waals surface area contributed by atoms with E-state index in [1.165, 1.54) is 26.4 Å². The molecule has 0 aromatic carbocycles. The second-order valence-corrected chi connectivity index (χ2v) is 24.4. The fourth-order valence-corrected chi connectivity index (χ4v) is 10.2. The minimum absolute atomic E-state index is 0.00961. The van der Waals surface area contributed by atoms with Gasteiger partial charge in [0.25, 0.3) is 0 Å². The van der Waals surface area contributed by atoms with E-state index in [0.29, 0.717) is 38.5 Å². The van der Waals surface area contributed by atoms with Crippen molar-refractivity contribution in [3.05, 3.63) is 18.2 Å². The van der Waals surface area contributed by atoms with E-state index in [0.717, 1.165) is 11.8 Å². The van der Waals surface area contributed by atoms with Crippen molar-refractivity contribution >= 4 is 94.7 Å². The highest BCUT2D eigenvalue weighted by atomic mass is 16.4. The van der Waals surface area contributed by atoms with Gasteiger partial charge < -0.3 is 134 Å². The average Bonchev–Trinajstić information content (AvgIpc) is 1.56. The molecule has 0 unspecified atom stereocenters. The number of hydrogen-bond donors (Lipinski definition) is 24. The molecule has 574 valence electrons. The summed E-state index contributed by atoms with van der Waals surface area (Å²) in [7, 11) is 0. The summed E-state index contributed by atoms with van der Waals surface area (Å²) in [5.41, 5.74) is 39.0. The van der Waals surface area contributed by atoms with Gasteiger partial charge in [-0.3, -0.25) is 72.1 Å². The van der Waals surface area contributed by atoms with Gasteiger partial charge in [0, 0.05) is 37.8 Å². The number of hydrogen-bond acceptors (Lipinski definition) is 24. The number of aliphatic hydroxyl groups is 3. The second kappa shape index (κ2) is 46.6. The number of aromatic nitrogens is 2. The summed E-state index contributed by atoms with van der Waals surface area (Å²) < 4.78 is 0. The zero-order chi connectivity index (χ0) is 76.8. The molecule has 102 heavy (non-hydrogen) atoms. The molecule has 1 aromatic heterocycles. The fraction of sp³-hybridized carbons (Fsp3) is 0.683. The topological polar surface area (TPSA) is 716 Å². The van der Waals surface area contributed by atoms with Crippen molar-refractivity contribution in [2.24, 2.45) is 45.1 Å². The lowest BCUT2D eigenvalue weighted by molar-refractivity contribution is -0.145. The van der Waals surface area contributed by atoms with Crippen molar-refractivity contribution in [1.82, 2.24) is 73.4 Å². The molecule has 42 nitrogen and oxygen atoms in total. The molecule has 0 radical (unpaired) electrons. The minimum Gasteiger partial charge on any atom is -0.481 e. The van der Waals surface area contributed by atoms with Crippen molar-refractivity contribution in [1.29, 1.82) is 0 Å². The molecule has 0 spiro atoms. The van der Waals surface area contributed by atoms with Crippen molar-refractivity contribution in [3.8, 4) is 0 Å². The van der Waals surface area contributed by atoms with E-state index < -0.39 is 212 Å². The van der Waals surface area contributed by atoms with Gasteiger partial charge in [-0.05, 0) is 130 Å². The highest BCUT2D eigenvalue weighted by Gasteiger charge is 2.42. The number of carboxylic acids is 2. The lowest BCUT2D eigenvalue weighted by atomic mass is 10.0. The van der Waals surface area contributed by atoms with Crippen LogP contribution >= 0.6 is 0 Å². The molecule has 0 aliphatic carbocycles. The largest absolute Gasteiger partial charge is 0.481 e. The molecule has 0 bridgehead atoms. The van der Waals surface area contributed by atoms with Crippen molar-refractivity contribution in [3.63, 3.8) is 0 Å². The van der Waals surface area contributed by atoms with E-state index in [4.69, 9.17) is 40.1 Å². The summed E-state index contributed by atoms with van der Waals surface area (Å²) in [6.07, 6.45) is 0.745. The summed E-state index contributed by atoms with van der Waals surface area (Å²) in [6, 6.07) is -20.3. The number of aliphatic imine (C=N–C) groups is 1. The van der Waals surface area contributed by atoms with Crippen molar-refractivity contribution in [2.75, 3.05) is 45.9 Å². The first kappa shape index (κ1) is 88.3. The van der Waals surface area contributed by atoms with E-state index in [2.05, 4.69) is 73.4 Å². The van der Waals surface area contributed by atoms with Crippen LogP contribution in [0.15, 0.2) is 17.5 Å². The third kappa shape index (κ3) is 31.8. The summed E-state index contributed by atoms with van der Waals surface area (Å²) in [6.45, 7) is 1.94. The lowest BCUT2D eigenvalue weighted by Gasteiger charge is -2.31. The number of rotatable bonds is 50. The van der Waals surface area contributed by atoms with E-state index in [-0.39, 0.29) is 89.3 Å². The van der Waals surface area contributed by atoms with Gasteiger partial charge in [0.05, 0.1) is 38.1 Å². The van der Waals surface area contributed by atoms with Crippen LogP contribution in [0, 0.1) is 0 Å². The molecule has 1 saturated heterocycles. The van der Waals surface area contributed by atoms with Crippen LogP contribution in [0.1, 0.15) is 129 Å². The monoisotopic (exact) mass is 1450 g/mol. The van der Waals surface area contributed by atoms with Gasteiger partial charge in [-0.15, -0.1) is 0 Å². The van der Waals surface area contributed by atoms with Gasteiger partial charge in [0.2, 0.25) is 76.8 Å². The molecule has 31 N–H and O–H groups in total. The standard InChI is InChI=1S/C60H104N22O20/c1-30(64)47(89)77-40(25-45(87)88)54(96)79-41(27-83)55(97)75-37(17-18-44(65)86)52(94)78-39(24-33-26-68-29-70-33)53(95)80-42(28-84)56(98)81-46(32(3)85)58(100)82-23-11-16-43(82)57(99)71-31(2)48(90)72-34(12-4-7-19-61)49(91)73-35(13-5-8-20-62)50(92)74-36(14-6-9-21-63)51(93)76-38(59(101)102)15-10-22-69-60(66)67/h26,29-32,34-43,46,83-85H,4-25,27-28,61-64H2,1-3H3,(H2,65,86)(H,68,70)(H,71,99)(H,72,90)(H,73,91)(H,74,92)(H,75,97)(H,76,93)(H,77,89)(H,78,94)(H,79,96)(H,80,95)(H,81,98)(H,87,88)(H,101,102)(H4,66,67,69)/t30-,31-,32+,34-,35-,36-,37-,38-,39-,40-,41-,42-,43-,46-/m0/s1. The molecule has 13 amide bonds. The van der Waals surface area contributed by atoms with Gasteiger partial charge in [0.1, 0.15) is 72.5 Å². The van der Waals surface area contributed by atoms with Crippen LogP contribution in [0.2, 0.25) is 0 Å². The number of aliphatic carboxylic acids is 2. The number of H-pyrrole nitrogens is 1. The van der Waals surface area contributed by atoms with E-state index >= 15 is 0 Å². The predicted molar refractivity (Wildman–Crippen MR) is 360 cm³/mol. The molecule has 1 aliphatic rings. The maximum Gasteiger partial charge on any atom is 0.326 e. The Morgan fingerprint density at radius 1 is 0.549 bits per heavy atom. The Kier molecular flexibility index (Phi) is 40.4. The Hall–Kier alpha value is -9.75. The summed E-state index contributed by atoms with van der Waals surface area (Å²) in [4.78, 5) is 212. The number of unbranched alkanes of at least 4 members (excludes halogenated alkanes) is 3. The number of likely N-dealkylation sites (tertiary alicyclic amines) is 1. The number of nitrogens with two attached hydrogens (primary N) is 7. The number of nitrogens with zero attached hydrogens (tertiary/aromatic N) is 3. The number of guanidine groups is 1. The second-order valence-electron chi connectivity index (χ2n) is 24.4. The SMILES string of the molecule is C[C@H](N)C(=O)N[C@@H](CC(=O)O)C(=O)N[C@@H](CO)C(=O)N[C@@H](CCC(N)=O)C(=O)N[C@@H](Cc1cnc[nH]1)C(=O)N[C@@H](CO)C(=O)N[C@H](C(=O)N1CCC[C@H]1C(=O)N[C@@H](C)C(=O)N[C@@H](CCCCN)C(=O)N[C@@H](CCCCN)C(=O)N[C@@H](CCCCN)C(=O)N[C@@H](CCCN=C(N)N)C(=O)O)[C@@H](C)O. The van der Waals surface area contributed by atoms with Crippen LogP contribution in [-0.2, 0) is 78.3 Å². The van der Waals surface area contributed by atoms with Gasteiger partial charge in [0.15, 0.2) is 5.96 Å². The first-order valence-electron chi connectivity index (χ1n) is 33.4. The molecule has 1 aliphatic heterocycles. The van der Waals surface area contributed by atoms with Gasteiger partial charge in [-0.25, -0.2) is 9.78 Å². The fourth-order valence-electron chi connectivity index (χ4n) is 10.2. The molecule has 1 aromatic rings. The van der Waals surface area contributed by atoms with Gasteiger partial charge >= 0.3 is 11.9 Å². The summed E-state index contributed by atoms with van der Waals surface area (Å²) in [5.74, 6) is -16.5. The Labute approximate surface area is 587 Å². The number of carbonyl (C=O) groups is 15. The number of carbonyl (C=O) groups excluding carboxylic acids is 13. The zero-order valence-electron chi connectivity index (χ0n) is 57.5. The molecule has 1 fully saturated rings. The van der Waals surface area contributed by atoms with Crippen LogP contribution in [-0.4, -0.2) is 266 Å². The minimum atomic E-state index is -1.95. The molecule has 42 heteroatoms. The van der Waals surface area contributed by atoms with E-state index in [1.54, 1.807) is 0 Å². The highest BCUT2D eigenvalue weighted by molar-refractivity contribution is 6.00. The molecular formula is C60H104N22O20. The first-order chi connectivity index (χ1) is 48.2. The van der Waals surface area contributed by atoms with Crippen molar-refractivity contribution in [2.45, 2.75) is 215 Å². The number of carboxylic acid groups (broad SMARTS) is 2. The van der Waals surface area contributed by atoms with Gasteiger partial charge in [-0.2, -0.15) is 0 Å².